The van der Waals surface area contributed by atoms with Crippen molar-refractivity contribution in [3.05, 3.63) is 122 Å². The maximum Gasteiger partial charge on any atom is 0.306 e. The molecule has 0 fully saturated rings. The summed E-state index contributed by atoms with van der Waals surface area (Å²) in [7, 11) is 1.12. The Morgan fingerprint density at radius 1 is 0.485 bits per heavy atom. The number of unbranched alkanes of at least 4 members (excludes halogenated alkanes) is 10. The molecule has 0 bridgehead atoms. The van der Waals surface area contributed by atoms with Crippen LogP contribution >= 0.6 is 7.82 Å². The molecule has 0 N–H and O–H groups in total. The molecule has 374 valence electrons. The largest absolute Gasteiger partial charge is 0.756 e. The van der Waals surface area contributed by atoms with Gasteiger partial charge in [-0.1, -0.05) is 174 Å². The lowest BCUT2D eigenvalue weighted by Gasteiger charge is -2.28. The van der Waals surface area contributed by atoms with Gasteiger partial charge in [0, 0.05) is 12.8 Å². The summed E-state index contributed by atoms with van der Waals surface area (Å²) in [4.78, 5) is 37.6. The normalized spacial score (nSPS) is 14.5. The van der Waals surface area contributed by atoms with E-state index in [1.165, 1.54) is 6.42 Å². The summed E-state index contributed by atoms with van der Waals surface area (Å²) >= 11 is 0. The Balaban J connectivity index is 4.33. The molecule has 10 heteroatoms. The molecule has 0 saturated heterocycles. The van der Waals surface area contributed by atoms with Crippen molar-refractivity contribution in [2.45, 2.75) is 174 Å². The fraction of sp³-hybridized carbons (Fsp3) is 0.607. The van der Waals surface area contributed by atoms with Crippen molar-refractivity contribution in [2.75, 3.05) is 47.5 Å². The van der Waals surface area contributed by atoms with E-state index in [0.29, 0.717) is 23.9 Å². The number of nitrogens with zero attached hydrogens (tertiary/aromatic N) is 1. The Morgan fingerprint density at radius 3 is 1.29 bits per heavy atom. The van der Waals surface area contributed by atoms with E-state index in [2.05, 4.69) is 135 Å². The van der Waals surface area contributed by atoms with Gasteiger partial charge in [-0.15, -0.1) is 0 Å². The average Bonchev–Trinajstić information content (AvgIpc) is 3.27. The minimum Gasteiger partial charge on any atom is -0.756 e. The maximum atomic E-state index is 12.7. The van der Waals surface area contributed by atoms with Gasteiger partial charge in [-0.3, -0.25) is 14.2 Å². The lowest BCUT2D eigenvalue weighted by atomic mass is 10.1. The summed E-state index contributed by atoms with van der Waals surface area (Å²) in [5.41, 5.74) is 0. The zero-order valence-electron chi connectivity index (χ0n) is 42.1. The monoisotopic (exact) mass is 938 g/mol. The third-order valence-electron chi connectivity index (χ3n) is 9.95. The summed E-state index contributed by atoms with van der Waals surface area (Å²) in [5.74, 6) is -0.893. The molecular weight excluding hydrogens is 846 g/mol. The number of phosphoric ester groups is 1. The smallest absolute Gasteiger partial charge is 0.306 e. The van der Waals surface area contributed by atoms with E-state index in [1.54, 1.807) is 0 Å². The predicted octanol–water partition coefficient (Wildman–Crippen LogP) is 14.6. The van der Waals surface area contributed by atoms with Crippen LogP contribution in [0.15, 0.2) is 122 Å². The number of quaternary nitrogens is 1. The van der Waals surface area contributed by atoms with Crippen molar-refractivity contribution in [3.8, 4) is 0 Å². The molecule has 9 nitrogen and oxygen atoms in total. The van der Waals surface area contributed by atoms with Crippen LogP contribution in [0.5, 0.6) is 0 Å². The van der Waals surface area contributed by atoms with Gasteiger partial charge in [-0.2, -0.15) is 0 Å². The van der Waals surface area contributed by atoms with Crippen LogP contribution in [0.2, 0.25) is 0 Å². The van der Waals surface area contributed by atoms with Crippen LogP contribution < -0.4 is 4.89 Å². The second-order valence-electron chi connectivity index (χ2n) is 17.4. The molecular formula is C56H92NO8P. The molecule has 2 unspecified atom stereocenters. The van der Waals surface area contributed by atoms with E-state index >= 15 is 0 Å². The van der Waals surface area contributed by atoms with Gasteiger partial charge in [-0.05, 0) is 103 Å². The van der Waals surface area contributed by atoms with Crippen LogP contribution in [0.1, 0.15) is 168 Å². The van der Waals surface area contributed by atoms with E-state index in [1.807, 2.05) is 21.1 Å². The van der Waals surface area contributed by atoms with Gasteiger partial charge in [-0.25, -0.2) is 0 Å². The van der Waals surface area contributed by atoms with Crippen LogP contribution in [-0.2, 0) is 32.7 Å². The van der Waals surface area contributed by atoms with Gasteiger partial charge >= 0.3 is 11.9 Å². The molecule has 0 radical (unpaired) electrons. The number of carbonyl (C=O) groups is 2. The lowest BCUT2D eigenvalue weighted by Crippen LogP contribution is -2.37. The fourth-order valence-electron chi connectivity index (χ4n) is 6.06. The Bertz CT molecular complexity index is 1530. The average molecular weight is 938 g/mol. The molecule has 0 amide bonds. The number of hydrogen-bond acceptors (Lipinski definition) is 8. The topological polar surface area (TPSA) is 111 Å². The summed E-state index contributed by atoms with van der Waals surface area (Å²) in [5, 5.41) is 0. The maximum absolute atomic E-state index is 12.7. The minimum absolute atomic E-state index is 0.0459. The Kier molecular flexibility index (Phi) is 44.0. The molecule has 0 aromatic carbocycles. The number of ether oxygens (including phenoxy) is 2. The van der Waals surface area contributed by atoms with Crippen molar-refractivity contribution in [1.82, 2.24) is 0 Å². The zero-order valence-corrected chi connectivity index (χ0v) is 43.0. The fourth-order valence-corrected chi connectivity index (χ4v) is 6.79. The summed E-state index contributed by atoms with van der Waals surface area (Å²) in [6.45, 7) is 3.97. The van der Waals surface area contributed by atoms with Crippen molar-refractivity contribution in [1.29, 1.82) is 0 Å². The van der Waals surface area contributed by atoms with E-state index in [4.69, 9.17) is 18.5 Å². The zero-order chi connectivity index (χ0) is 48.5. The summed E-state index contributed by atoms with van der Waals surface area (Å²) in [6.07, 6.45) is 65.2. The number of likely N-dealkylation sites (N-methyl/N-ethyl adjacent to an activating group) is 1. The molecule has 0 spiro atoms. The highest BCUT2D eigenvalue weighted by molar-refractivity contribution is 7.45. The van der Waals surface area contributed by atoms with Crippen molar-refractivity contribution >= 4 is 19.8 Å². The predicted molar refractivity (Wildman–Crippen MR) is 277 cm³/mol. The SMILES string of the molecule is CC/C=C\C/C=C\C/C=C\C/C=C\C/C=C\C/C=C\C/C=C\C/C=C\CCCCCCC(=O)OC(COC(=O)CCCCCCC/C=C\C/C=C\CCC)COP(=O)([O-])OCC[N+](C)(C)C. The number of rotatable bonds is 44. The second-order valence-corrected chi connectivity index (χ2v) is 18.9. The quantitative estimate of drug-likeness (QED) is 0.0195. The Hall–Kier alpha value is -3.59. The first kappa shape index (κ1) is 62.4. The van der Waals surface area contributed by atoms with E-state index in [9.17, 15) is 19.0 Å². The summed E-state index contributed by atoms with van der Waals surface area (Å²) < 4.78 is 33.9. The molecule has 0 aromatic rings. The van der Waals surface area contributed by atoms with Gasteiger partial charge in [0.1, 0.15) is 19.8 Å². The van der Waals surface area contributed by atoms with E-state index < -0.39 is 32.5 Å². The van der Waals surface area contributed by atoms with Crippen LogP contribution in [-0.4, -0.2) is 70.0 Å². The van der Waals surface area contributed by atoms with E-state index in [0.717, 1.165) is 122 Å². The van der Waals surface area contributed by atoms with E-state index in [-0.39, 0.29) is 26.1 Å². The third kappa shape index (κ3) is 49.8. The first-order chi connectivity index (χ1) is 32.0. The Labute approximate surface area is 403 Å². The minimum atomic E-state index is -4.65. The van der Waals surface area contributed by atoms with Crippen LogP contribution in [0.3, 0.4) is 0 Å². The molecule has 2 atom stereocenters. The van der Waals surface area contributed by atoms with Gasteiger partial charge in [0.15, 0.2) is 6.10 Å². The number of allylic oxidation sites excluding steroid dienone is 20. The molecule has 0 rings (SSSR count). The number of phosphoric acid groups is 1. The first-order valence-corrected chi connectivity index (χ1v) is 26.7. The van der Waals surface area contributed by atoms with Gasteiger partial charge in [0.05, 0.1) is 27.7 Å². The molecule has 0 heterocycles. The second kappa shape index (κ2) is 46.5. The molecule has 0 aliphatic heterocycles. The van der Waals surface area contributed by atoms with Crippen molar-refractivity contribution in [2.24, 2.45) is 0 Å². The third-order valence-corrected chi connectivity index (χ3v) is 10.9. The molecule has 0 aromatic heterocycles. The van der Waals surface area contributed by atoms with Gasteiger partial charge < -0.3 is 27.9 Å². The van der Waals surface area contributed by atoms with Crippen molar-refractivity contribution < 1.29 is 42.1 Å². The molecule has 0 aliphatic rings. The van der Waals surface area contributed by atoms with Crippen molar-refractivity contribution in [3.63, 3.8) is 0 Å². The molecule has 66 heavy (non-hydrogen) atoms. The highest BCUT2D eigenvalue weighted by Crippen LogP contribution is 2.38. The standard InChI is InChI=1S/C56H92NO8P/c1-6-8-10-12-14-16-18-20-21-22-23-24-25-26-27-28-29-30-31-32-33-34-35-37-39-41-43-45-47-49-56(59)65-54(53-64-66(60,61)63-51-50-57(3,4)5)52-62-55(58)48-46-44-42-40-38-36-19-17-15-13-11-9-7-2/h8,10-11,13-14,16-17,19-21,23-24,26-27,29-30,32-33,35,37,54H,6-7,9,12,15,18,22,25,28,31,34,36,38-53H2,1-5H3/b10-8-,13-11-,16-14-,19-17-,21-20-,24-23-,27-26-,30-29-,33-32-,37-35-. The van der Waals surface area contributed by atoms with Crippen LogP contribution in [0, 0.1) is 0 Å². The van der Waals surface area contributed by atoms with Gasteiger partial charge in [0.25, 0.3) is 7.82 Å². The first-order valence-electron chi connectivity index (χ1n) is 25.2. The Morgan fingerprint density at radius 2 is 0.864 bits per heavy atom. The number of carbonyl (C=O) groups excluding carboxylic acids is 2. The van der Waals surface area contributed by atoms with Gasteiger partial charge in [0.2, 0.25) is 0 Å². The highest BCUT2D eigenvalue weighted by atomic mass is 31.2. The molecule has 0 aliphatic carbocycles. The van der Waals surface area contributed by atoms with Crippen LogP contribution in [0.25, 0.3) is 0 Å². The highest BCUT2D eigenvalue weighted by Gasteiger charge is 2.21. The summed E-state index contributed by atoms with van der Waals surface area (Å²) in [6, 6.07) is 0. The number of hydrogen-bond donors (Lipinski definition) is 0. The van der Waals surface area contributed by atoms with Crippen LogP contribution in [0.4, 0.5) is 0 Å². The molecule has 0 saturated carbocycles. The lowest BCUT2D eigenvalue weighted by molar-refractivity contribution is -0.870. The number of esters is 2.